The van der Waals surface area contributed by atoms with E-state index in [4.69, 9.17) is 0 Å². The Balaban J connectivity index is 1.49. The van der Waals surface area contributed by atoms with Crippen molar-refractivity contribution in [1.29, 1.82) is 0 Å². The van der Waals surface area contributed by atoms with Crippen molar-refractivity contribution in [3.05, 3.63) is 132 Å². The van der Waals surface area contributed by atoms with Gasteiger partial charge >= 0.3 is 0 Å². The number of nitrogens with one attached hydrogen (secondary N) is 3. The second kappa shape index (κ2) is 11.6. The van der Waals surface area contributed by atoms with E-state index in [-0.39, 0.29) is 17.9 Å². The monoisotopic (exact) mass is 481 g/mol. The summed E-state index contributed by atoms with van der Waals surface area (Å²) in [6, 6.07) is 29.1. The van der Waals surface area contributed by atoms with E-state index in [1.165, 1.54) is 24.3 Å². The van der Waals surface area contributed by atoms with Crippen LogP contribution in [-0.2, 0) is 11.2 Å². The molecule has 1 unspecified atom stereocenters. The molecule has 6 nitrogen and oxygen atoms in total. The van der Waals surface area contributed by atoms with E-state index < -0.39 is 23.7 Å². The van der Waals surface area contributed by atoms with E-state index in [0.717, 1.165) is 5.56 Å². The molecule has 0 radical (unpaired) electrons. The first-order valence-electron chi connectivity index (χ1n) is 11.4. The molecule has 0 aliphatic heterocycles. The van der Waals surface area contributed by atoms with Crippen molar-refractivity contribution in [2.75, 3.05) is 10.6 Å². The number of anilines is 2. The molecule has 3 amide bonds. The highest BCUT2D eigenvalue weighted by Gasteiger charge is 2.22. The van der Waals surface area contributed by atoms with E-state index in [9.17, 15) is 18.8 Å². The third-order valence-corrected chi connectivity index (χ3v) is 5.42. The fourth-order valence-electron chi connectivity index (χ4n) is 3.63. The van der Waals surface area contributed by atoms with Gasteiger partial charge in [-0.15, -0.1) is 0 Å². The number of amides is 3. The number of hydrogen-bond donors (Lipinski definition) is 3. The number of halogens is 1. The summed E-state index contributed by atoms with van der Waals surface area (Å²) in [6.45, 7) is 0. The van der Waals surface area contributed by atoms with Gasteiger partial charge in [0.2, 0.25) is 5.91 Å². The van der Waals surface area contributed by atoms with Crippen LogP contribution in [-0.4, -0.2) is 23.8 Å². The zero-order valence-electron chi connectivity index (χ0n) is 19.3. The average Bonchev–Trinajstić information content (AvgIpc) is 2.89. The molecular formula is C29H24FN3O3. The topological polar surface area (TPSA) is 87.3 Å². The molecule has 0 saturated heterocycles. The lowest BCUT2D eigenvalue weighted by Crippen LogP contribution is -2.45. The van der Waals surface area contributed by atoms with Gasteiger partial charge in [0.05, 0.1) is 0 Å². The number of hydrogen-bond acceptors (Lipinski definition) is 3. The smallest absolute Gasteiger partial charge is 0.255 e. The van der Waals surface area contributed by atoms with Crippen molar-refractivity contribution in [1.82, 2.24) is 5.32 Å². The van der Waals surface area contributed by atoms with E-state index >= 15 is 0 Å². The zero-order chi connectivity index (χ0) is 25.3. The zero-order valence-corrected chi connectivity index (χ0v) is 19.3. The quantitative estimate of drug-likeness (QED) is 0.329. The Labute approximate surface area is 208 Å². The lowest BCUT2D eigenvalue weighted by molar-refractivity contribution is -0.118. The van der Waals surface area contributed by atoms with Crippen LogP contribution in [0.15, 0.2) is 109 Å². The summed E-state index contributed by atoms with van der Waals surface area (Å²) in [5.74, 6) is -1.70. The molecule has 36 heavy (non-hydrogen) atoms. The molecule has 0 heterocycles. The highest BCUT2D eigenvalue weighted by Crippen LogP contribution is 2.16. The van der Waals surface area contributed by atoms with Crippen molar-refractivity contribution in [2.45, 2.75) is 12.5 Å². The molecule has 0 bridgehead atoms. The molecule has 7 heteroatoms. The second-order valence-electron chi connectivity index (χ2n) is 8.12. The highest BCUT2D eigenvalue weighted by atomic mass is 19.1. The Morgan fingerprint density at radius 2 is 1.25 bits per heavy atom. The molecule has 0 spiro atoms. The molecule has 0 aliphatic rings. The molecule has 4 aromatic rings. The van der Waals surface area contributed by atoms with Gasteiger partial charge in [-0.25, -0.2) is 4.39 Å². The van der Waals surface area contributed by atoms with Crippen molar-refractivity contribution >= 4 is 29.1 Å². The minimum atomic E-state index is -0.857. The van der Waals surface area contributed by atoms with Crippen molar-refractivity contribution in [2.24, 2.45) is 0 Å². The predicted molar refractivity (Wildman–Crippen MR) is 137 cm³/mol. The number of rotatable bonds is 8. The molecule has 1 atom stereocenters. The van der Waals surface area contributed by atoms with Gasteiger partial charge < -0.3 is 16.0 Å². The average molecular weight is 482 g/mol. The molecule has 180 valence electrons. The van der Waals surface area contributed by atoms with Crippen LogP contribution in [0.5, 0.6) is 0 Å². The van der Waals surface area contributed by atoms with Gasteiger partial charge in [0.15, 0.2) is 0 Å². The maximum absolute atomic E-state index is 13.4. The first kappa shape index (κ1) is 24.3. The summed E-state index contributed by atoms with van der Waals surface area (Å²) in [5, 5.41) is 8.24. The molecule has 0 saturated carbocycles. The molecule has 3 N–H and O–H groups in total. The van der Waals surface area contributed by atoms with Crippen LogP contribution < -0.4 is 16.0 Å². The van der Waals surface area contributed by atoms with Gasteiger partial charge in [0.1, 0.15) is 11.9 Å². The summed E-state index contributed by atoms with van der Waals surface area (Å²) in [4.78, 5) is 38.6. The molecular weight excluding hydrogens is 457 g/mol. The molecule has 4 aromatic carbocycles. The van der Waals surface area contributed by atoms with E-state index in [1.807, 2.05) is 36.4 Å². The maximum Gasteiger partial charge on any atom is 0.255 e. The first-order chi connectivity index (χ1) is 17.5. The summed E-state index contributed by atoms with van der Waals surface area (Å²) in [6.07, 6.45) is 0.283. The van der Waals surface area contributed by atoms with E-state index in [1.54, 1.807) is 48.5 Å². The van der Waals surface area contributed by atoms with Crippen LogP contribution in [0.2, 0.25) is 0 Å². The molecule has 0 aromatic heterocycles. The standard InChI is InChI=1S/C29H24FN3O3/c30-23-14-8-16-25(19-23)31-28(35)22-13-7-15-24(18-22)32-29(36)26(17-20-9-3-1-4-10-20)33-27(34)21-11-5-2-6-12-21/h1-16,18-19,26H,17H2,(H,31,35)(H,32,36)(H,33,34). The van der Waals surface area contributed by atoms with Crippen molar-refractivity contribution < 1.29 is 18.8 Å². The van der Waals surface area contributed by atoms with Crippen molar-refractivity contribution in [3.8, 4) is 0 Å². The Morgan fingerprint density at radius 1 is 0.639 bits per heavy atom. The van der Waals surface area contributed by atoms with Crippen LogP contribution in [0.1, 0.15) is 26.3 Å². The minimum absolute atomic E-state index is 0.282. The predicted octanol–water partition coefficient (Wildman–Crippen LogP) is 5.06. The van der Waals surface area contributed by atoms with Gasteiger partial charge in [-0.3, -0.25) is 14.4 Å². The fourth-order valence-corrected chi connectivity index (χ4v) is 3.63. The Morgan fingerprint density at radius 3 is 1.94 bits per heavy atom. The van der Waals surface area contributed by atoms with Crippen LogP contribution >= 0.6 is 0 Å². The van der Waals surface area contributed by atoms with Gasteiger partial charge in [-0.1, -0.05) is 60.7 Å². The van der Waals surface area contributed by atoms with Crippen LogP contribution in [0.4, 0.5) is 15.8 Å². The largest absolute Gasteiger partial charge is 0.340 e. The second-order valence-corrected chi connectivity index (χ2v) is 8.12. The highest BCUT2D eigenvalue weighted by molar-refractivity contribution is 6.06. The fraction of sp³-hybridized carbons (Fsp3) is 0.0690. The lowest BCUT2D eigenvalue weighted by atomic mass is 10.0. The molecule has 4 rings (SSSR count). The Kier molecular flexibility index (Phi) is 7.83. The number of benzene rings is 4. The number of carbonyl (C=O) groups excluding carboxylic acids is 3. The first-order valence-corrected chi connectivity index (χ1v) is 11.4. The van der Waals surface area contributed by atoms with Gasteiger partial charge in [0, 0.05) is 28.9 Å². The summed E-state index contributed by atoms with van der Waals surface area (Å²) in [5.41, 5.74) is 2.32. The molecule has 0 fully saturated rings. The van der Waals surface area contributed by atoms with Gasteiger partial charge in [-0.05, 0) is 54.1 Å². The van der Waals surface area contributed by atoms with Crippen molar-refractivity contribution in [3.63, 3.8) is 0 Å². The minimum Gasteiger partial charge on any atom is -0.340 e. The number of carbonyl (C=O) groups is 3. The van der Waals surface area contributed by atoms with Crippen LogP contribution in [0.25, 0.3) is 0 Å². The maximum atomic E-state index is 13.4. The lowest BCUT2D eigenvalue weighted by Gasteiger charge is -2.19. The summed E-state index contributed by atoms with van der Waals surface area (Å²) < 4.78 is 13.4. The Bertz CT molecular complexity index is 1360. The van der Waals surface area contributed by atoms with Gasteiger partial charge in [-0.2, -0.15) is 0 Å². The third kappa shape index (κ3) is 6.64. The Hall–Kier alpha value is -4.78. The van der Waals surface area contributed by atoms with Crippen LogP contribution in [0, 0.1) is 5.82 Å². The SMILES string of the molecule is O=C(Nc1cccc(F)c1)c1cccc(NC(=O)C(Cc2ccccc2)NC(=O)c2ccccc2)c1. The van der Waals surface area contributed by atoms with E-state index in [2.05, 4.69) is 16.0 Å². The van der Waals surface area contributed by atoms with Gasteiger partial charge in [0.25, 0.3) is 11.8 Å². The molecule has 0 aliphatic carbocycles. The van der Waals surface area contributed by atoms with Crippen LogP contribution in [0.3, 0.4) is 0 Å². The third-order valence-electron chi connectivity index (χ3n) is 5.42. The normalized spacial score (nSPS) is 11.2. The summed E-state index contributed by atoms with van der Waals surface area (Å²) >= 11 is 0. The van der Waals surface area contributed by atoms with E-state index in [0.29, 0.717) is 16.9 Å². The summed E-state index contributed by atoms with van der Waals surface area (Å²) in [7, 11) is 0.